The Balaban J connectivity index is 1.50. The van der Waals surface area contributed by atoms with Crippen molar-refractivity contribution in [3.8, 4) is 11.5 Å². The fraction of sp³-hybridized carbons (Fsp3) is 0.222. The average Bonchev–Trinajstić information content (AvgIpc) is 3.08. The van der Waals surface area contributed by atoms with Crippen LogP contribution in [0, 0.1) is 0 Å². The molecule has 2 aliphatic rings. The van der Waals surface area contributed by atoms with E-state index < -0.39 is 0 Å². The first-order valence-corrected chi connectivity index (χ1v) is 8.86. The minimum Gasteiger partial charge on any atom is -0.454 e. The highest BCUT2D eigenvalue weighted by atomic mass is 32.2. The minimum atomic E-state index is -0.196. The Morgan fingerprint density at radius 1 is 1.20 bits per heavy atom. The Hall–Kier alpha value is -2.67. The summed E-state index contributed by atoms with van der Waals surface area (Å²) in [5.74, 6) is 1.55. The van der Waals surface area contributed by atoms with Gasteiger partial charge in [-0.05, 0) is 42.8 Å². The van der Waals surface area contributed by atoms with Gasteiger partial charge in [0.2, 0.25) is 12.7 Å². The molecule has 2 amide bonds. The third-order valence-corrected chi connectivity index (χ3v) is 5.19. The smallest absolute Gasteiger partial charge is 0.251 e. The number of thioether (sulfide) groups is 1. The van der Waals surface area contributed by atoms with E-state index in [1.165, 1.54) is 11.8 Å². The standard InChI is InChI=1S/C18H16N2O4S/c1-10(11-2-4-14-15(7-11)24-9-23-14)19-18(22)12-3-5-16-13(6-12)20-17(21)8-25-16/h2-7,10H,8-9H2,1H3,(H,19,22)(H,20,21)/t10-/m0/s1. The summed E-state index contributed by atoms with van der Waals surface area (Å²) in [6.07, 6.45) is 0. The van der Waals surface area contributed by atoms with Crippen LogP contribution in [0.5, 0.6) is 11.5 Å². The third-order valence-electron chi connectivity index (χ3n) is 4.12. The zero-order valence-corrected chi connectivity index (χ0v) is 14.3. The Morgan fingerprint density at radius 2 is 2.04 bits per heavy atom. The maximum atomic E-state index is 12.5. The van der Waals surface area contributed by atoms with Crippen LogP contribution in [0.3, 0.4) is 0 Å². The molecule has 2 N–H and O–H groups in total. The number of amides is 2. The van der Waals surface area contributed by atoms with Crippen molar-refractivity contribution >= 4 is 29.3 Å². The molecule has 1 atom stereocenters. The fourth-order valence-electron chi connectivity index (χ4n) is 2.77. The van der Waals surface area contributed by atoms with E-state index in [2.05, 4.69) is 10.6 Å². The summed E-state index contributed by atoms with van der Waals surface area (Å²) in [5.41, 5.74) is 2.12. The number of carbonyl (C=O) groups excluding carboxylic acids is 2. The first kappa shape index (κ1) is 15.8. The molecule has 0 aromatic heterocycles. The molecule has 2 aliphatic heterocycles. The van der Waals surface area contributed by atoms with Crippen LogP contribution in [0.25, 0.3) is 0 Å². The van der Waals surface area contributed by atoms with Crippen LogP contribution in [0.4, 0.5) is 5.69 Å². The minimum absolute atomic E-state index is 0.0520. The van der Waals surface area contributed by atoms with Gasteiger partial charge in [-0.1, -0.05) is 6.07 Å². The molecule has 2 aromatic carbocycles. The second kappa shape index (κ2) is 6.33. The van der Waals surface area contributed by atoms with Gasteiger partial charge in [0.25, 0.3) is 5.91 Å². The van der Waals surface area contributed by atoms with Crippen LogP contribution in [-0.2, 0) is 4.79 Å². The van der Waals surface area contributed by atoms with E-state index in [1.54, 1.807) is 12.1 Å². The van der Waals surface area contributed by atoms with Gasteiger partial charge in [-0.3, -0.25) is 9.59 Å². The lowest BCUT2D eigenvalue weighted by molar-refractivity contribution is -0.113. The zero-order chi connectivity index (χ0) is 17.4. The average molecular weight is 356 g/mol. The van der Waals surface area contributed by atoms with Gasteiger partial charge in [-0.15, -0.1) is 11.8 Å². The van der Waals surface area contributed by atoms with Gasteiger partial charge in [0.1, 0.15) is 0 Å². The molecule has 128 valence electrons. The number of ether oxygens (including phenoxy) is 2. The lowest BCUT2D eigenvalue weighted by Crippen LogP contribution is -2.27. The van der Waals surface area contributed by atoms with Crippen molar-refractivity contribution in [1.82, 2.24) is 5.32 Å². The van der Waals surface area contributed by atoms with Crippen molar-refractivity contribution in [3.63, 3.8) is 0 Å². The summed E-state index contributed by atoms with van der Waals surface area (Å²) in [6, 6.07) is 10.8. The zero-order valence-electron chi connectivity index (χ0n) is 13.5. The number of hydrogen-bond donors (Lipinski definition) is 2. The molecule has 0 aliphatic carbocycles. The molecule has 4 rings (SSSR count). The number of fused-ring (bicyclic) bond motifs is 2. The van der Waals surface area contributed by atoms with Crippen molar-refractivity contribution < 1.29 is 19.1 Å². The highest BCUT2D eigenvalue weighted by Gasteiger charge is 2.20. The molecule has 0 spiro atoms. The van der Waals surface area contributed by atoms with E-state index in [1.807, 2.05) is 31.2 Å². The van der Waals surface area contributed by atoms with Gasteiger partial charge in [-0.2, -0.15) is 0 Å². The number of benzene rings is 2. The first-order valence-electron chi connectivity index (χ1n) is 7.87. The first-order chi connectivity index (χ1) is 12.1. The summed E-state index contributed by atoms with van der Waals surface area (Å²) in [5, 5.41) is 5.77. The Morgan fingerprint density at radius 3 is 2.92 bits per heavy atom. The van der Waals surface area contributed by atoms with Crippen LogP contribution in [0.2, 0.25) is 0 Å². The van der Waals surface area contributed by atoms with Crippen molar-refractivity contribution in [2.75, 3.05) is 17.9 Å². The lowest BCUT2D eigenvalue weighted by atomic mass is 10.1. The van der Waals surface area contributed by atoms with Crippen molar-refractivity contribution in [1.29, 1.82) is 0 Å². The number of anilines is 1. The van der Waals surface area contributed by atoms with Crippen LogP contribution < -0.4 is 20.1 Å². The largest absolute Gasteiger partial charge is 0.454 e. The summed E-state index contributed by atoms with van der Waals surface area (Å²) in [4.78, 5) is 25.0. The molecule has 0 saturated carbocycles. The van der Waals surface area contributed by atoms with E-state index in [-0.39, 0.29) is 24.6 Å². The van der Waals surface area contributed by atoms with Gasteiger partial charge in [0, 0.05) is 10.5 Å². The van der Waals surface area contributed by atoms with Crippen molar-refractivity contribution in [2.45, 2.75) is 17.9 Å². The van der Waals surface area contributed by atoms with E-state index in [4.69, 9.17) is 9.47 Å². The van der Waals surface area contributed by atoms with E-state index in [0.29, 0.717) is 28.5 Å². The second-order valence-corrected chi connectivity index (χ2v) is 6.87. The van der Waals surface area contributed by atoms with Gasteiger partial charge in [0.05, 0.1) is 17.5 Å². The monoisotopic (exact) mass is 356 g/mol. The number of nitrogens with one attached hydrogen (secondary N) is 2. The molecule has 0 fully saturated rings. The van der Waals surface area contributed by atoms with Gasteiger partial charge < -0.3 is 20.1 Å². The molecule has 2 aromatic rings. The Kier molecular flexibility index (Phi) is 4.01. The summed E-state index contributed by atoms with van der Waals surface area (Å²) >= 11 is 1.47. The molecule has 25 heavy (non-hydrogen) atoms. The highest BCUT2D eigenvalue weighted by molar-refractivity contribution is 8.00. The topological polar surface area (TPSA) is 76.7 Å². The number of rotatable bonds is 3. The SMILES string of the molecule is C[C@H](NC(=O)c1ccc2c(c1)NC(=O)CS2)c1ccc2c(c1)OCO2. The van der Waals surface area contributed by atoms with Crippen LogP contribution in [0.1, 0.15) is 28.9 Å². The highest BCUT2D eigenvalue weighted by Crippen LogP contribution is 2.34. The van der Waals surface area contributed by atoms with Gasteiger partial charge in [-0.25, -0.2) is 0 Å². The fourth-order valence-corrected chi connectivity index (χ4v) is 3.56. The molecule has 7 heteroatoms. The summed E-state index contributed by atoms with van der Waals surface area (Å²) in [6.45, 7) is 2.13. The number of hydrogen-bond acceptors (Lipinski definition) is 5. The predicted octanol–water partition coefficient (Wildman–Crippen LogP) is 2.95. The van der Waals surface area contributed by atoms with Crippen molar-refractivity contribution in [2.24, 2.45) is 0 Å². The maximum absolute atomic E-state index is 12.5. The molecule has 0 saturated heterocycles. The van der Waals surface area contributed by atoms with E-state index >= 15 is 0 Å². The predicted molar refractivity (Wildman–Crippen MR) is 94.2 cm³/mol. The summed E-state index contributed by atoms with van der Waals surface area (Å²) < 4.78 is 10.7. The third kappa shape index (κ3) is 3.15. The van der Waals surface area contributed by atoms with E-state index in [0.717, 1.165) is 10.5 Å². The second-order valence-electron chi connectivity index (χ2n) is 5.86. The quantitative estimate of drug-likeness (QED) is 0.884. The van der Waals surface area contributed by atoms with Crippen molar-refractivity contribution in [3.05, 3.63) is 47.5 Å². The maximum Gasteiger partial charge on any atom is 0.251 e. The van der Waals surface area contributed by atoms with Gasteiger partial charge >= 0.3 is 0 Å². The molecule has 0 unspecified atom stereocenters. The van der Waals surface area contributed by atoms with E-state index in [9.17, 15) is 9.59 Å². The lowest BCUT2D eigenvalue weighted by Gasteiger charge is -2.18. The Labute approximate surface area is 148 Å². The molecule has 6 nitrogen and oxygen atoms in total. The molecular formula is C18H16N2O4S. The molecular weight excluding hydrogens is 340 g/mol. The number of carbonyl (C=O) groups is 2. The van der Waals surface area contributed by atoms with Crippen LogP contribution >= 0.6 is 11.8 Å². The normalized spacial score (nSPS) is 16.0. The molecule has 0 bridgehead atoms. The summed E-state index contributed by atoms with van der Waals surface area (Å²) in [7, 11) is 0. The van der Waals surface area contributed by atoms with Crippen LogP contribution in [-0.4, -0.2) is 24.4 Å². The van der Waals surface area contributed by atoms with Gasteiger partial charge in [0.15, 0.2) is 11.5 Å². The molecule has 0 radical (unpaired) electrons. The Bertz CT molecular complexity index is 868. The van der Waals surface area contributed by atoms with Crippen LogP contribution in [0.15, 0.2) is 41.3 Å². The molecule has 2 heterocycles.